The first-order valence-corrected chi connectivity index (χ1v) is 7.60. The normalized spacial score (nSPS) is 10.6. The summed E-state index contributed by atoms with van der Waals surface area (Å²) in [5.74, 6) is 0. The van der Waals surface area contributed by atoms with Gasteiger partial charge in [0.05, 0.1) is 24.5 Å². The molecular weight excluding hydrogens is 296 g/mol. The standard InChI is InChI=1S/C20H13N4/c21-12-17-9-8-15(11-18(17)16-5-2-1-3-6-16)13-24-14-23-19-7-4-10-22-20(19)24/h2-11,14H,13H2. The average molecular weight is 309 g/mol. The fraction of sp³-hybridized carbons (Fsp3) is 0.0500. The molecule has 4 nitrogen and oxygen atoms in total. The number of fused-ring (bicyclic) bond motifs is 1. The first-order valence-electron chi connectivity index (χ1n) is 7.60. The van der Waals surface area contributed by atoms with Crippen LogP contribution in [-0.2, 0) is 6.54 Å². The summed E-state index contributed by atoms with van der Waals surface area (Å²) in [6, 6.07) is 22.7. The number of rotatable bonds is 3. The molecule has 24 heavy (non-hydrogen) atoms. The summed E-state index contributed by atoms with van der Waals surface area (Å²) in [7, 11) is 0. The first kappa shape index (κ1) is 14.2. The molecule has 0 aliphatic heterocycles. The Morgan fingerprint density at radius 2 is 1.96 bits per heavy atom. The van der Waals surface area contributed by atoms with Gasteiger partial charge in [0, 0.05) is 6.20 Å². The van der Waals surface area contributed by atoms with Crippen LogP contribution in [0.2, 0.25) is 0 Å². The third-order valence-electron chi connectivity index (χ3n) is 3.96. The predicted molar refractivity (Wildman–Crippen MR) is 92.1 cm³/mol. The Kier molecular flexibility index (Phi) is 3.53. The number of hydrogen-bond donors (Lipinski definition) is 0. The van der Waals surface area contributed by atoms with Gasteiger partial charge in [0.2, 0.25) is 0 Å². The van der Waals surface area contributed by atoms with Crippen molar-refractivity contribution in [2.24, 2.45) is 0 Å². The number of aromatic nitrogens is 3. The number of benzene rings is 2. The molecule has 113 valence electrons. The fourth-order valence-electron chi connectivity index (χ4n) is 2.80. The molecule has 0 unspecified atom stereocenters. The Morgan fingerprint density at radius 1 is 1.08 bits per heavy atom. The van der Waals surface area contributed by atoms with Gasteiger partial charge >= 0.3 is 0 Å². The summed E-state index contributed by atoms with van der Waals surface area (Å²) in [6.07, 6.45) is 3.57. The van der Waals surface area contributed by atoms with Gasteiger partial charge in [0.25, 0.3) is 0 Å². The summed E-state index contributed by atoms with van der Waals surface area (Å²) in [4.78, 5) is 8.77. The van der Waals surface area contributed by atoms with Gasteiger partial charge in [0.1, 0.15) is 5.52 Å². The van der Waals surface area contributed by atoms with E-state index in [1.54, 1.807) is 12.5 Å². The lowest BCUT2D eigenvalue weighted by atomic mass is 9.98. The molecule has 0 amide bonds. The maximum atomic E-state index is 9.39. The van der Waals surface area contributed by atoms with Crippen LogP contribution in [0.1, 0.15) is 11.1 Å². The van der Waals surface area contributed by atoms with Crippen LogP contribution in [0, 0.1) is 17.4 Å². The van der Waals surface area contributed by atoms with Crippen molar-refractivity contribution < 1.29 is 0 Å². The van der Waals surface area contributed by atoms with Crippen LogP contribution in [0.25, 0.3) is 22.3 Å². The topological polar surface area (TPSA) is 54.5 Å². The predicted octanol–water partition coefficient (Wildman–Crippen LogP) is 3.82. The Hall–Kier alpha value is -3.45. The van der Waals surface area contributed by atoms with Crippen LogP contribution in [0.4, 0.5) is 0 Å². The minimum absolute atomic E-state index is 0.658. The molecule has 0 spiro atoms. The van der Waals surface area contributed by atoms with E-state index in [0.29, 0.717) is 12.1 Å². The molecule has 0 saturated heterocycles. The molecule has 2 heterocycles. The van der Waals surface area contributed by atoms with E-state index in [1.165, 1.54) is 0 Å². The third-order valence-corrected chi connectivity index (χ3v) is 3.96. The molecule has 4 heteroatoms. The van der Waals surface area contributed by atoms with Crippen molar-refractivity contribution in [3.63, 3.8) is 0 Å². The van der Waals surface area contributed by atoms with E-state index < -0.39 is 0 Å². The Morgan fingerprint density at radius 3 is 2.79 bits per heavy atom. The maximum Gasteiger partial charge on any atom is 0.160 e. The monoisotopic (exact) mass is 309 g/mol. The van der Waals surface area contributed by atoms with E-state index in [2.05, 4.69) is 28.2 Å². The SMILES string of the molecule is N#Cc1ccc(Cn2cnc3cccnc32)cc1-c1cc[c]cc1. The van der Waals surface area contributed by atoms with E-state index >= 15 is 0 Å². The van der Waals surface area contributed by atoms with Crippen LogP contribution in [-0.4, -0.2) is 14.5 Å². The zero-order chi connectivity index (χ0) is 16.4. The highest BCUT2D eigenvalue weighted by Gasteiger charge is 2.08. The molecule has 2 aromatic carbocycles. The van der Waals surface area contributed by atoms with E-state index in [0.717, 1.165) is 27.9 Å². The molecule has 0 atom stereocenters. The number of nitriles is 1. The highest BCUT2D eigenvalue weighted by Crippen LogP contribution is 2.25. The molecule has 4 aromatic rings. The molecule has 0 aliphatic rings. The van der Waals surface area contributed by atoms with Crippen molar-refractivity contribution in [1.82, 2.24) is 14.5 Å². The highest BCUT2D eigenvalue weighted by atomic mass is 15.1. The van der Waals surface area contributed by atoms with Crippen molar-refractivity contribution in [1.29, 1.82) is 5.26 Å². The summed E-state index contributed by atoms with van der Waals surface area (Å²) in [5.41, 5.74) is 5.45. The maximum absolute atomic E-state index is 9.39. The molecule has 2 aromatic heterocycles. The van der Waals surface area contributed by atoms with Crippen LogP contribution in [0.15, 0.2) is 67.1 Å². The van der Waals surface area contributed by atoms with Gasteiger partial charge in [-0.05, 0) is 47.0 Å². The molecule has 0 aliphatic carbocycles. The average Bonchev–Trinajstić information content (AvgIpc) is 3.05. The molecule has 0 fully saturated rings. The van der Waals surface area contributed by atoms with E-state index in [1.807, 2.05) is 53.1 Å². The lowest BCUT2D eigenvalue weighted by molar-refractivity contribution is 0.814. The van der Waals surface area contributed by atoms with Gasteiger partial charge in [-0.3, -0.25) is 0 Å². The Balaban J connectivity index is 1.76. The van der Waals surface area contributed by atoms with Gasteiger partial charge in [-0.15, -0.1) is 0 Å². The second-order valence-corrected chi connectivity index (χ2v) is 5.50. The third kappa shape index (κ3) is 2.53. The van der Waals surface area contributed by atoms with Crippen LogP contribution in [0.5, 0.6) is 0 Å². The number of hydrogen-bond acceptors (Lipinski definition) is 3. The Labute approximate surface area is 139 Å². The smallest absolute Gasteiger partial charge is 0.160 e. The number of pyridine rings is 1. The summed E-state index contributed by atoms with van der Waals surface area (Å²) < 4.78 is 2.01. The summed E-state index contributed by atoms with van der Waals surface area (Å²) >= 11 is 0. The number of imidazole rings is 1. The largest absolute Gasteiger partial charge is 0.311 e. The molecule has 4 rings (SSSR count). The van der Waals surface area contributed by atoms with Crippen molar-refractivity contribution in [2.45, 2.75) is 6.54 Å². The zero-order valence-corrected chi connectivity index (χ0v) is 12.8. The van der Waals surface area contributed by atoms with Gasteiger partial charge in [-0.2, -0.15) is 5.26 Å². The van der Waals surface area contributed by atoms with Gasteiger partial charge in [-0.1, -0.05) is 30.3 Å². The van der Waals surface area contributed by atoms with Crippen molar-refractivity contribution >= 4 is 11.2 Å². The fourth-order valence-corrected chi connectivity index (χ4v) is 2.80. The first-order chi connectivity index (χ1) is 11.8. The Bertz CT molecular complexity index is 1040. The van der Waals surface area contributed by atoms with Gasteiger partial charge in [0.15, 0.2) is 5.65 Å². The second kappa shape index (κ2) is 5.98. The minimum Gasteiger partial charge on any atom is -0.311 e. The lowest BCUT2D eigenvalue weighted by Crippen LogP contribution is -2.00. The van der Waals surface area contributed by atoms with Crippen molar-refractivity contribution in [3.8, 4) is 17.2 Å². The zero-order valence-electron chi connectivity index (χ0n) is 12.8. The summed E-state index contributed by atoms with van der Waals surface area (Å²) in [5, 5.41) is 9.39. The van der Waals surface area contributed by atoms with E-state index in [4.69, 9.17) is 0 Å². The second-order valence-electron chi connectivity index (χ2n) is 5.50. The molecular formula is C20H13N4. The highest BCUT2D eigenvalue weighted by molar-refractivity contribution is 5.72. The lowest BCUT2D eigenvalue weighted by Gasteiger charge is -2.09. The quantitative estimate of drug-likeness (QED) is 0.578. The van der Waals surface area contributed by atoms with Crippen molar-refractivity contribution in [3.05, 3.63) is 84.3 Å². The molecule has 0 N–H and O–H groups in total. The van der Waals surface area contributed by atoms with Gasteiger partial charge < -0.3 is 4.57 Å². The van der Waals surface area contributed by atoms with Crippen LogP contribution < -0.4 is 0 Å². The molecule has 0 bridgehead atoms. The van der Waals surface area contributed by atoms with Crippen molar-refractivity contribution in [2.75, 3.05) is 0 Å². The number of nitrogens with zero attached hydrogens (tertiary/aromatic N) is 4. The molecule has 1 radical (unpaired) electrons. The van der Waals surface area contributed by atoms with E-state index in [-0.39, 0.29) is 0 Å². The molecule has 0 saturated carbocycles. The summed E-state index contributed by atoms with van der Waals surface area (Å²) in [6.45, 7) is 0.658. The van der Waals surface area contributed by atoms with E-state index in [9.17, 15) is 5.26 Å². The minimum atomic E-state index is 0.658. The van der Waals surface area contributed by atoms with Crippen LogP contribution >= 0.6 is 0 Å². The van der Waals surface area contributed by atoms with Gasteiger partial charge in [-0.25, -0.2) is 9.97 Å². The van der Waals surface area contributed by atoms with Crippen LogP contribution in [0.3, 0.4) is 0 Å².